The van der Waals surface area contributed by atoms with Crippen molar-refractivity contribution >= 4 is 11.8 Å². The van der Waals surface area contributed by atoms with Crippen LogP contribution in [0.2, 0.25) is 0 Å². The van der Waals surface area contributed by atoms with Gasteiger partial charge in [0, 0.05) is 10.4 Å². The van der Waals surface area contributed by atoms with E-state index in [9.17, 15) is 5.11 Å². The molecule has 1 rings (SSSR count). The van der Waals surface area contributed by atoms with Gasteiger partial charge in [-0.2, -0.15) is 0 Å². The Kier molecular flexibility index (Phi) is 5.50. The van der Waals surface area contributed by atoms with E-state index in [0.29, 0.717) is 0 Å². The molecule has 0 saturated carbocycles. The Morgan fingerprint density at radius 3 is 2.59 bits per heavy atom. The molecule has 1 aromatic carbocycles. The molecule has 1 atom stereocenters. The van der Waals surface area contributed by atoms with Gasteiger partial charge in [0.1, 0.15) is 0 Å². The number of nitrogens with one attached hydrogen (secondary N) is 1. The van der Waals surface area contributed by atoms with Crippen LogP contribution in [0.5, 0.6) is 0 Å². The highest BCUT2D eigenvalue weighted by Gasteiger charge is 2.20. The van der Waals surface area contributed by atoms with E-state index in [1.807, 2.05) is 18.8 Å². The van der Waals surface area contributed by atoms with Crippen LogP contribution in [0.25, 0.3) is 0 Å². The highest BCUT2D eigenvalue weighted by Crippen LogP contribution is 2.25. The molecule has 1 aromatic rings. The van der Waals surface area contributed by atoms with Crippen LogP contribution in [0, 0.1) is 13.8 Å². The molecular formula is C14H23NOS. The van der Waals surface area contributed by atoms with Gasteiger partial charge in [-0.1, -0.05) is 17.7 Å². The summed E-state index contributed by atoms with van der Waals surface area (Å²) >= 11 is 1.86. The zero-order valence-corrected chi connectivity index (χ0v) is 12.0. The van der Waals surface area contributed by atoms with E-state index in [-0.39, 0.29) is 12.1 Å². The molecule has 96 valence electrons. The van der Waals surface area contributed by atoms with Crippen molar-refractivity contribution in [1.82, 2.24) is 5.32 Å². The molecule has 0 aliphatic rings. The van der Waals surface area contributed by atoms with Gasteiger partial charge in [0.15, 0.2) is 0 Å². The lowest BCUT2D eigenvalue weighted by atomic mass is 10.0. The number of hydrogen-bond acceptors (Lipinski definition) is 3. The molecule has 2 N–H and O–H groups in total. The molecule has 17 heavy (non-hydrogen) atoms. The second kappa shape index (κ2) is 6.43. The van der Waals surface area contributed by atoms with Crippen molar-refractivity contribution in [3.05, 3.63) is 29.3 Å². The third-order valence-corrected chi connectivity index (χ3v) is 4.37. The number of benzene rings is 1. The fourth-order valence-corrected chi connectivity index (χ4v) is 2.85. The summed E-state index contributed by atoms with van der Waals surface area (Å²) in [7, 11) is 1.90. The Hall–Kier alpha value is -0.510. The molecule has 0 aliphatic carbocycles. The maximum Gasteiger partial charge on any atom is 0.0610 e. The minimum atomic E-state index is -0.161. The summed E-state index contributed by atoms with van der Waals surface area (Å²) in [6, 6.07) is 6.55. The zero-order chi connectivity index (χ0) is 12.9. The lowest BCUT2D eigenvalue weighted by Gasteiger charge is -2.26. The quantitative estimate of drug-likeness (QED) is 0.765. The highest BCUT2D eigenvalue weighted by atomic mass is 32.2. The van der Waals surface area contributed by atoms with Crippen LogP contribution < -0.4 is 5.32 Å². The number of rotatable bonds is 6. The Bertz CT molecular complexity index is 361. The maximum atomic E-state index is 9.30. The monoisotopic (exact) mass is 253 g/mol. The van der Waals surface area contributed by atoms with E-state index < -0.39 is 0 Å². The van der Waals surface area contributed by atoms with Crippen LogP contribution >= 0.6 is 11.8 Å². The molecule has 0 saturated heterocycles. The molecule has 0 heterocycles. The van der Waals surface area contributed by atoms with Crippen LogP contribution in [0.4, 0.5) is 0 Å². The number of aryl methyl sites for hydroxylation is 2. The van der Waals surface area contributed by atoms with Crippen LogP contribution in [-0.2, 0) is 0 Å². The van der Waals surface area contributed by atoms with E-state index in [1.165, 1.54) is 16.0 Å². The average Bonchev–Trinajstić information content (AvgIpc) is 2.32. The minimum Gasteiger partial charge on any atom is -0.394 e. The lowest BCUT2D eigenvalue weighted by Crippen LogP contribution is -2.43. The molecular weight excluding hydrogens is 230 g/mol. The normalized spacial score (nSPS) is 14.6. The summed E-state index contributed by atoms with van der Waals surface area (Å²) in [4.78, 5) is 1.34. The Balaban J connectivity index is 2.51. The first kappa shape index (κ1) is 14.6. The molecule has 0 fully saturated rings. The van der Waals surface area contributed by atoms with Crippen LogP contribution in [0.1, 0.15) is 24.5 Å². The summed E-state index contributed by atoms with van der Waals surface area (Å²) in [5, 5.41) is 12.5. The minimum absolute atomic E-state index is 0.161. The maximum absolute atomic E-state index is 9.30. The van der Waals surface area contributed by atoms with Crippen molar-refractivity contribution in [2.45, 2.75) is 37.6 Å². The average molecular weight is 253 g/mol. The predicted molar refractivity (Wildman–Crippen MR) is 75.8 cm³/mol. The van der Waals surface area contributed by atoms with Crippen LogP contribution in [0.3, 0.4) is 0 Å². The molecule has 1 unspecified atom stereocenters. The topological polar surface area (TPSA) is 32.3 Å². The van der Waals surface area contributed by atoms with Gasteiger partial charge >= 0.3 is 0 Å². The lowest BCUT2D eigenvalue weighted by molar-refractivity contribution is 0.179. The van der Waals surface area contributed by atoms with Crippen molar-refractivity contribution in [3.8, 4) is 0 Å². The van der Waals surface area contributed by atoms with E-state index in [1.54, 1.807) is 0 Å². The number of aliphatic hydroxyl groups excluding tert-OH is 1. The van der Waals surface area contributed by atoms with Crippen LogP contribution in [-0.4, -0.2) is 30.1 Å². The van der Waals surface area contributed by atoms with Gasteiger partial charge in [-0.15, -0.1) is 11.8 Å². The molecule has 3 heteroatoms. The third kappa shape index (κ3) is 4.34. The smallest absolute Gasteiger partial charge is 0.0610 e. The standard InChI is InChI=1S/C14H23NOS/c1-11-5-6-13(12(2)9-11)17-8-7-14(3,10-16)15-4/h5-6,9,15-16H,7-8,10H2,1-4H3. The number of hydrogen-bond donors (Lipinski definition) is 2. The molecule has 0 bridgehead atoms. The molecule has 0 spiro atoms. The van der Waals surface area contributed by atoms with Gasteiger partial charge in [-0.25, -0.2) is 0 Å². The SMILES string of the molecule is CNC(C)(CO)CCSc1ccc(C)cc1C. The third-order valence-electron chi connectivity index (χ3n) is 3.19. The van der Waals surface area contributed by atoms with Crippen LogP contribution in [0.15, 0.2) is 23.1 Å². The number of likely N-dealkylation sites (N-methyl/N-ethyl adjacent to an activating group) is 1. The summed E-state index contributed by atoms with van der Waals surface area (Å²) in [6.07, 6.45) is 0.956. The Morgan fingerprint density at radius 2 is 2.06 bits per heavy atom. The second-order valence-electron chi connectivity index (χ2n) is 4.84. The van der Waals surface area contributed by atoms with Gasteiger partial charge in [0.05, 0.1) is 6.61 Å². The van der Waals surface area contributed by atoms with Crippen molar-refractivity contribution < 1.29 is 5.11 Å². The second-order valence-corrected chi connectivity index (χ2v) is 5.97. The summed E-state index contributed by atoms with van der Waals surface area (Å²) in [5.74, 6) is 1.02. The van der Waals surface area contributed by atoms with E-state index in [0.717, 1.165) is 12.2 Å². The van der Waals surface area contributed by atoms with Crippen molar-refractivity contribution in [2.75, 3.05) is 19.4 Å². The summed E-state index contributed by atoms with van der Waals surface area (Å²) < 4.78 is 0. The Morgan fingerprint density at radius 1 is 1.35 bits per heavy atom. The largest absolute Gasteiger partial charge is 0.394 e. The van der Waals surface area contributed by atoms with Crippen molar-refractivity contribution in [2.24, 2.45) is 0 Å². The first-order valence-electron chi connectivity index (χ1n) is 6.00. The molecule has 0 aromatic heterocycles. The van der Waals surface area contributed by atoms with E-state index >= 15 is 0 Å². The molecule has 0 aliphatic heterocycles. The van der Waals surface area contributed by atoms with Gasteiger partial charge in [0.25, 0.3) is 0 Å². The predicted octanol–water partition coefficient (Wildman–Crippen LogP) is 2.76. The van der Waals surface area contributed by atoms with E-state index in [4.69, 9.17) is 0 Å². The fraction of sp³-hybridized carbons (Fsp3) is 0.571. The zero-order valence-electron chi connectivity index (χ0n) is 11.2. The number of aliphatic hydroxyl groups is 1. The van der Waals surface area contributed by atoms with Gasteiger partial charge in [-0.3, -0.25) is 0 Å². The molecule has 0 radical (unpaired) electrons. The first-order chi connectivity index (χ1) is 8.00. The number of thioether (sulfide) groups is 1. The molecule has 0 amide bonds. The van der Waals surface area contributed by atoms with Crippen molar-refractivity contribution in [3.63, 3.8) is 0 Å². The van der Waals surface area contributed by atoms with Gasteiger partial charge in [-0.05, 0) is 51.6 Å². The molecule has 2 nitrogen and oxygen atoms in total. The summed E-state index contributed by atoms with van der Waals surface area (Å²) in [6.45, 7) is 6.50. The first-order valence-corrected chi connectivity index (χ1v) is 6.99. The van der Waals surface area contributed by atoms with Gasteiger partial charge < -0.3 is 10.4 Å². The fourth-order valence-electron chi connectivity index (χ4n) is 1.63. The van der Waals surface area contributed by atoms with Gasteiger partial charge in [0.2, 0.25) is 0 Å². The van der Waals surface area contributed by atoms with E-state index in [2.05, 4.69) is 44.3 Å². The highest BCUT2D eigenvalue weighted by molar-refractivity contribution is 7.99. The summed E-state index contributed by atoms with van der Waals surface area (Å²) in [5.41, 5.74) is 2.48. The Labute approximate surface area is 109 Å². The van der Waals surface area contributed by atoms with Crippen molar-refractivity contribution in [1.29, 1.82) is 0 Å².